The molecule has 3 heterocycles. The van der Waals surface area contributed by atoms with Gasteiger partial charge in [0.05, 0.1) is 28.9 Å². The molecule has 3 rings (SSSR count). The van der Waals surface area contributed by atoms with Crippen molar-refractivity contribution in [3.63, 3.8) is 0 Å². The van der Waals surface area contributed by atoms with Gasteiger partial charge >= 0.3 is 0 Å². The second-order valence-corrected chi connectivity index (χ2v) is 7.14. The maximum atomic E-state index is 5.27. The summed E-state index contributed by atoms with van der Waals surface area (Å²) in [4.78, 5) is 14.6. The Kier molecular flexibility index (Phi) is 5.40. The Morgan fingerprint density at radius 3 is 2.76 bits per heavy atom. The van der Waals surface area contributed by atoms with Gasteiger partial charge in [-0.3, -0.25) is 0 Å². The molecule has 0 fully saturated rings. The molecular weight excluding hydrogens is 338 g/mol. The molecule has 0 radical (unpaired) electrons. The Hall–Kier alpha value is -2.32. The van der Waals surface area contributed by atoms with Crippen LogP contribution in [0.1, 0.15) is 34.4 Å². The number of hydrogen-bond acceptors (Lipinski definition) is 8. The van der Waals surface area contributed by atoms with Gasteiger partial charge in [-0.1, -0.05) is 5.16 Å². The smallest absolute Gasteiger partial charge is 0.259 e. The van der Waals surface area contributed by atoms with Gasteiger partial charge in [-0.15, -0.1) is 11.3 Å². The largest absolute Gasteiger partial charge is 0.384 e. The van der Waals surface area contributed by atoms with Crippen LogP contribution in [0.5, 0.6) is 0 Å². The second-order valence-electron chi connectivity index (χ2n) is 5.73. The summed E-state index contributed by atoms with van der Waals surface area (Å²) in [5.74, 6) is 1.87. The number of nitrogens with zero attached hydrogens (tertiary/aromatic N) is 4. The zero-order valence-corrected chi connectivity index (χ0v) is 15.6. The summed E-state index contributed by atoms with van der Waals surface area (Å²) in [6.45, 7) is 6.75. The number of nitrogens with one attached hydrogen (secondary N) is 1. The number of anilines is 1. The third-order valence-electron chi connectivity index (χ3n) is 3.72. The van der Waals surface area contributed by atoms with Gasteiger partial charge in [-0.05, 0) is 32.9 Å². The molecule has 0 aliphatic rings. The van der Waals surface area contributed by atoms with Gasteiger partial charge in [-0.25, -0.2) is 9.97 Å². The lowest BCUT2D eigenvalue weighted by atomic mass is 10.2. The highest BCUT2D eigenvalue weighted by molar-refractivity contribution is 7.11. The van der Waals surface area contributed by atoms with E-state index in [4.69, 9.17) is 9.26 Å². The highest BCUT2D eigenvalue weighted by atomic mass is 32.1. The Bertz CT molecular complexity index is 828. The molecule has 1 atom stereocenters. The quantitative estimate of drug-likeness (QED) is 0.690. The number of hydrogen-bond donors (Lipinski definition) is 1. The average molecular weight is 359 g/mol. The lowest BCUT2D eigenvalue weighted by molar-refractivity contribution is 0.199. The molecule has 3 aromatic heterocycles. The Morgan fingerprint density at radius 2 is 2.12 bits per heavy atom. The van der Waals surface area contributed by atoms with Crippen molar-refractivity contribution in [2.75, 3.05) is 19.0 Å². The van der Waals surface area contributed by atoms with Gasteiger partial charge < -0.3 is 14.6 Å². The number of thiazole rings is 1. The molecule has 0 saturated carbocycles. The molecule has 0 bridgehead atoms. The normalized spacial score (nSPS) is 12.3. The van der Waals surface area contributed by atoms with Crippen molar-refractivity contribution in [3.05, 3.63) is 39.7 Å². The van der Waals surface area contributed by atoms with Gasteiger partial charge in [0.1, 0.15) is 5.82 Å². The topological polar surface area (TPSA) is 86.0 Å². The van der Waals surface area contributed by atoms with Gasteiger partial charge in [0.2, 0.25) is 0 Å². The summed E-state index contributed by atoms with van der Waals surface area (Å²) in [6.07, 6.45) is 2.35. The SMILES string of the molecule is COCCc1noc(-c2ccc(NC(C)c3nc(C)sc3C)nc2)n1. The minimum Gasteiger partial charge on any atom is -0.384 e. The van der Waals surface area contributed by atoms with Crippen molar-refractivity contribution in [2.45, 2.75) is 33.2 Å². The second kappa shape index (κ2) is 7.71. The van der Waals surface area contributed by atoms with E-state index in [1.165, 1.54) is 4.88 Å². The van der Waals surface area contributed by atoms with Crippen LogP contribution < -0.4 is 5.32 Å². The summed E-state index contributed by atoms with van der Waals surface area (Å²) in [6, 6.07) is 3.90. The molecule has 132 valence electrons. The maximum Gasteiger partial charge on any atom is 0.259 e. The maximum absolute atomic E-state index is 5.27. The molecule has 0 amide bonds. The van der Waals surface area contributed by atoms with Gasteiger partial charge in [0.25, 0.3) is 5.89 Å². The van der Waals surface area contributed by atoms with Crippen LogP contribution in [-0.4, -0.2) is 33.8 Å². The molecule has 0 spiro atoms. The molecule has 1 N–H and O–H groups in total. The number of ether oxygens (including phenoxy) is 1. The van der Waals surface area contributed by atoms with Crippen LogP contribution in [0.2, 0.25) is 0 Å². The number of aromatic nitrogens is 4. The molecule has 0 aliphatic carbocycles. The van der Waals surface area contributed by atoms with E-state index in [1.54, 1.807) is 24.6 Å². The summed E-state index contributed by atoms with van der Waals surface area (Å²) >= 11 is 1.71. The van der Waals surface area contributed by atoms with Crippen LogP contribution in [0.3, 0.4) is 0 Å². The highest BCUT2D eigenvalue weighted by Gasteiger charge is 2.14. The van der Waals surface area contributed by atoms with Gasteiger partial charge in [0.15, 0.2) is 5.82 Å². The Morgan fingerprint density at radius 1 is 1.28 bits per heavy atom. The van der Waals surface area contributed by atoms with Crippen LogP contribution in [0.4, 0.5) is 5.82 Å². The first kappa shape index (κ1) is 17.5. The number of pyridine rings is 1. The van der Waals surface area contributed by atoms with E-state index in [-0.39, 0.29) is 6.04 Å². The molecule has 1 unspecified atom stereocenters. The molecule has 8 heteroatoms. The highest BCUT2D eigenvalue weighted by Crippen LogP contribution is 2.25. The van der Waals surface area contributed by atoms with E-state index >= 15 is 0 Å². The van der Waals surface area contributed by atoms with Crippen LogP contribution in [0.25, 0.3) is 11.5 Å². The molecule has 0 aromatic carbocycles. The van der Waals surface area contributed by atoms with Crippen molar-refractivity contribution in [3.8, 4) is 11.5 Å². The van der Waals surface area contributed by atoms with Crippen molar-refractivity contribution in [2.24, 2.45) is 0 Å². The van der Waals surface area contributed by atoms with E-state index in [0.717, 1.165) is 22.1 Å². The fourth-order valence-electron chi connectivity index (χ4n) is 2.51. The minimum absolute atomic E-state index is 0.0901. The van der Waals surface area contributed by atoms with Crippen LogP contribution in [-0.2, 0) is 11.2 Å². The van der Waals surface area contributed by atoms with Crippen molar-refractivity contribution in [1.29, 1.82) is 0 Å². The van der Waals surface area contributed by atoms with Crippen LogP contribution in [0, 0.1) is 13.8 Å². The molecule has 25 heavy (non-hydrogen) atoms. The van der Waals surface area contributed by atoms with E-state index in [1.807, 2.05) is 19.1 Å². The molecular formula is C17H21N5O2S. The third-order valence-corrected chi connectivity index (χ3v) is 4.62. The average Bonchev–Trinajstić information content (AvgIpc) is 3.20. The summed E-state index contributed by atoms with van der Waals surface area (Å²) in [7, 11) is 1.64. The standard InChI is InChI=1S/C17H21N5O2S/c1-10(16-11(2)25-12(3)20-16)19-14-6-5-13(9-18-14)17-21-15(22-24-17)7-8-23-4/h5-6,9-10H,7-8H2,1-4H3,(H,18,19). The first-order valence-electron chi connectivity index (χ1n) is 8.05. The monoisotopic (exact) mass is 359 g/mol. The van der Waals surface area contributed by atoms with Crippen molar-refractivity contribution >= 4 is 17.2 Å². The molecule has 7 nitrogen and oxygen atoms in total. The number of rotatable bonds is 7. The van der Waals surface area contributed by atoms with Crippen molar-refractivity contribution in [1.82, 2.24) is 20.1 Å². The Labute approximate surface area is 150 Å². The van der Waals surface area contributed by atoms with E-state index in [2.05, 4.69) is 39.3 Å². The van der Waals surface area contributed by atoms with Crippen LogP contribution >= 0.6 is 11.3 Å². The molecule has 0 aliphatic heterocycles. The predicted molar refractivity (Wildman–Crippen MR) is 96.7 cm³/mol. The predicted octanol–water partition coefficient (Wildman–Crippen LogP) is 3.57. The summed E-state index contributed by atoms with van der Waals surface area (Å²) < 4.78 is 10.3. The van der Waals surface area contributed by atoms with E-state index < -0.39 is 0 Å². The van der Waals surface area contributed by atoms with E-state index in [9.17, 15) is 0 Å². The fourth-order valence-corrected chi connectivity index (χ4v) is 3.42. The van der Waals surface area contributed by atoms with Gasteiger partial charge in [0, 0.05) is 24.6 Å². The van der Waals surface area contributed by atoms with Gasteiger partial charge in [-0.2, -0.15) is 4.98 Å². The fraction of sp³-hybridized carbons (Fsp3) is 0.412. The number of aryl methyl sites for hydroxylation is 2. The Balaban J connectivity index is 1.67. The minimum atomic E-state index is 0.0901. The first-order valence-corrected chi connectivity index (χ1v) is 8.87. The molecule has 0 saturated heterocycles. The van der Waals surface area contributed by atoms with Crippen molar-refractivity contribution < 1.29 is 9.26 Å². The lowest BCUT2D eigenvalue weighted by Gasteiger charge is -2.13. The third kappa shape index (κ3) is 4.21. The summed E-state index contributed by atoms with van der Waals surface area (Å²) in [5, 5.41) is 8.38. The van der Waals surface area contributed by atoms with Crippen LogP contribution in [0.15, 0.2) is 22.9 Å². The molecule has 3 aromatic rings. The zero-order chi connectivity index (χ0) is 17.8. The summed E-state index contributed by atoms with van der Waals surface area (Å²) in [5.41, 5.74) is 1.85. The zero-order valence-electron chi connectivity index (χ0n) is 14.7. The lowest BCUT2D eigenvalue weighted by Crippen LogP contribution is -2.09. The number of methoxy groups -OCH3 is 1. The first-order chi connectivity index (χ1) is 12.1. The van der Waals surface area contributed by atoms with E-state index in [0.29, 0.717) is 24.7 Å².